The molecule has 0 aliphatic carbocycles. The Morgan fingerprint density at radius 3 is 2.67 bits per heavy atom. The third-order valence-corrected chi connectivity index (χ3v) is 4.27. The molecule has 0 radical (unpaired) electrons. The van der Waals surface area contributed by atoms with Crippen molar-refractivity contribution in [1.29, 1.82) is 0 Å². The Balaban J connectivity index is 2.11. The second-order valence-corrected chi connectivity index (χ2v) is 5.75. The van der Waals surface area contributed by atoms with E-state index in [1.807, 2.05) is 19.9 Å². The third-order valence-electron chi connectivity index (χ3n) is 4.27. The first-order valence-electron chi connectivity index (χ1n) is 8.05. The standard InChI is InChI=1S/C17H27FN2O/c1-3-13(19)12-15-16(18)6-5-7-17(15)20-10-8-14(9-11-20)21-4-2/h5-7,13-14H,3-4,8-12,19H2,1-2H3. The van der Waals surface area contributed by atoms with E-state index < -0.39 is 0 Å². The number of benzene rings is 1. The Morgan fingerprint density at radius 1 is 1.33 bits per heavy atom. The topological polar surface area (TPSA) is 38.5 Å². The van der Waals surface area contributed by atoms with E-state index in [0.717, 1.165) is 50.2 Å². The molecule has 2 N–H and O–H groups in total. The molecule has 0 spiro atoms. The van der Waals surface area contributed by atoms with Gasteiger partial charge in [0.2, 0.25) is 0 Å². The zero-order chi connectivity index (χ0) is 15.2. The summed E-state index contributed by atoms with van der Waals surface area (Å²) in [7, 11) is 0. The predicted molar refractivity (Wildman–Crippen MR) is 85.2 cm³/mol. The van der Waals surface area contributed by atoms with E-state index in [2.05, 4.69) is 4.90 Å². The van der Waals surface area contributed by atoms with Crippen molar-refractivity contribution in [2.45, 2.75) is 51.7 Å². The van der Waals surface area contributed by atoms with Gasteiger partial charge in [-0.2, -0.15) is 0 Å². The van der Waals surface area contributed by atoms with E-state index in [-0.39, 0.29) is 11.9 Å². The smallest absolute Gasteiger partial charge is 0.128 e. The SMILES string of the molecule is CCOC1CCN(c2cccc(F)c2CC(N)CC)CC1. The molecule has 1 heterocycles. The molecule has 118 valence electrons. The molecular weight excluding hydrogens is 267 g/mol. The predicted octanol–water partition coefficient (Wildman–Crippen LogP) is 3.11. The number of hydrogen-bond donors (Lipinski definition) is 1. The molecule has 1 unspecified atom stereocenters. The van der Waals surface area contributed by atoms with Gasteiger partial charge in [-0.25, -0.2) is 4.39 Å². The van der Waals surface area contributed by atoms with Gasteiger partial charge in [0.1, 0.15) is 5.82 Å². The van der Waals surface area contributed by atoms with Crippen LogP contribution in [0.3, 0.4) is 0 Å². The monoisotopic (exact) mass is 294 g/mol. The van der Waals surface area contributed by atoms with Gasteiger partial charge < -0.3 is 15.4 Å². The fraction of sp³-hybridized carbons (Fsp3) is 0.647. The highest BCUT2D eigenvalue weighted by atomic mass is 19.1. The second kappa shape index (κ2) is 7.76. The van der Waals surface area contributed by atoms with Crippen molar-refractivity contribution in [3.05, 3.63) is 29.6 Å². The fourth-order valence-electron chi connectivity index (χ4n) is 2.95. The van der Waals surface area contributed by atoms with Crippen molar-refractivity contribution in [2.75, 3.05) is 24.6 Å². The van der Waals surface area contributed by atoms with Crippen molar-refractivity contribution in [3.63, 3.8) is 0 Å². The minimum atomic E-state index is -0.136. The Morgan fingerprint density at radius 2 is 2.05 bits per heavy atom. The lowest BCUT2D eigenvalue weighted by Gasteiger charge is -2.35. The maximum atomic E-state index is 14.2. The second-order valence-electron chi connectivity index (χ2n) is 5.75. The molecule has 1 atom stereocenters. The normalized spacial score (nSPS) is 18.0. The van der Waals surface area contributed by atoms with E-state index >= 15 is 0 Å². The zero-order valence-electron chi connectivity index (χ0n) is 13.1. The highest BCUT2D eigenvalue weighted by Crippen LogP contribution is 2.28. The average Bonchev–Trinajstić information content (AvgIpc) is 2.50. The molecule has 1 aromatic rings. The molecule has 0 bridgehead atoms. The van der Waals surface area contributed by atoms with E-state index in [9.17, 15) is 4.39 Å². The number of ether oxygens (including phenoxy) is 1. The third kappa shape index (κ3) is 4.17. The van der Waals surface area contributed by atoms with E-state index in [1.165, 1.54) is 6.07 Å². The lowest BCUT2D eigenvalue weighted by molar-refractivity contribution is 0.0459. The summed E-state index contributed by atoms with van der Waals surface area (Å²) in [6, 6.07) is 5.36. The van der Waals surface area contributed by atoms with Crippen molar-refractivity contribution in [2.24, 2.45) is 5.73 Å². The highest BCUT2D eigenvalue weighted by molar-refractivity contribution is 5.55. The van der Waals surface area contributed by atoms with Crippen molar-refractivity contribution >= 4 is 5.69 Å². The van der Waals surface area contributed by atoms with Gasteiger partial charge in [-0.05, 0) is 44.7 Å². The first kappa shape index (κ1) is 16.2. The molecule has 1 aliphatic rings. The fourth-order valence-corrected chi connectivity index (χ4v) is 2.95. The molecule has 0 aromatic heterocycles. The van der Waals surface area contributed by atoms with Crippen LogP contribution in [0.15, 0.2) is 18.2 Å². The largest absolute Gasteiger partial charge is 0.378 e. The van der Waals surface area contributed by atoms with Gasteiger partial charge in [0, 0.05) is 37.0 Å². The summed E-state index contributed by atoms with van der Waals surface area (Å²) in [6.07, 6.45) is 3.82. The molecule has 4 heteroatoms. The summed E-state index contributed by atoms with van der Waals surface area (Å²) in [5.41, 5.74) is 7.80. The zero-order valence-corrected chi connectivity index (χ0v) is 13.1. The first-order valence-corrected chi connectivity index (χ1v) is 8.05. The van der Waals surface area contributed by atoms with E-state index in [1.54, 1.807) is 6.07 Å². The molecule has 1 aromatic carbocycles. The molecule has 21 heavy (non-hydrogen) atoms. The number of nitrogens with zero attached hydrogens (tertiary/aromatic N) is 1. The Labute approximate surface area is 127 Å². The molecule has 0 amide bonds. The summed E-state index contributed by atoms with van der Waals surface area (Å²) in [5.74, 6) is -0.136. The van der Waals surface area contributed by atoms with Crippen LogP contribution >= 0.6 is 0 Å². The summed E-state index contributed by atoms with van der Waals surface area (Å²) >= 11 is 0. The molecule has 3 nitrogen and oxygen atoms in total. The number of nitrogens with two attached hydrogens (primary N) is 1. The van der Waals surface area contributed by atoms with Crippen LogP contribution in [0, 0.1) is 5.82 Å². The average molecular weight is 294 g/mol. The molecule has 0 saturated carbocycles. The number of hydrogen-bond acceptors (Lipinski definition) is 3. The van der Waals surface area contributed by atoms with E-state index in [4.69, 9.17) is 10.5 Å². The molecule has 1 aliphatic heterocycles. The minimum Gasteiger partial charge on any atom is -0.378 e. The van der Waals surface area contributed by atoms with Gasteiger partial charge in [-0.15, -0.1) is 0 Å². The first-order chi connectivity index (χ1) is 10.2. The summed E-state index contributed by atoms with van der Waals surface area (Å²) in [4.78, 5) is 2.27. The van der Waals surface area contributed by atoms with E-state index in [0.29, 0.717) is 12.5 Å². The van der Waals surface area contributed by atoms with Gasteiger partial charge in [0.05, 0.1) is 6.10 Å². The summed E-state index contributed by atoms with van der Waals surface area (Å²) in [5, 5.41) is 0. The van der Waals surface area contributed by atoms with Gasteiger partial charge in [0.25, 0.3) is 0 Å². The Hall–Kier alpha value is -1.13. The Bertz CT molecular complexity index is 444. The van der Waals surface area contributed by atoms with Crippen LogP contribution in [0.4, 0.5) is 10.1 Å². The van der Waals surface area contributed by atoms with Gasteiger partial charge in [-0.1, -0.05) is 13.0 Å². The minimum absolute atomic E-state index is 0.0154. The van der Waals surface area contributed by atoms with Crippen LogP contribution in [-0.4, -0.2) is 31.8 Å². The van der Waals surface area contributed by atoms with Gasteiger partial charge >= 0.3 is 0 Å². The quantitative estimate of drug-likeness (QED) is 0.876. The molecule has 1 fully saturated rings. The highest BCUT2D eigenvalue weighted by Gasteiger charge is 2.22. The number of piperidine rings is 1. The van der Waals surface area contributed by atoms with Gasteiger partial charge in [-0.3, -0.25) is 0 Å². The number of halogens is 1. The van der Waals surface area contributed by atoms with Gasteiger partial charge in [0.15, 0.2) is 0 Å². The van der Waals surface area contributed by atoms with Crippen molar-refractivity contribution in [1.82, 2.24) is 0 Å². The van der Waals surface area contributed by atoms with Crippen LogP contribution in [-0.2, 0) is 11.2 Å². The Kier molecular flexibility index (Phi) is 6.00. The molecular formula is C17H27FN2O. The van der Waals surface area contributed by atoms with Crippen LogP contribution in [0.2, 0.25) is 0 Å². The molecule has 2 rings (SSSR count). The lowest BCUT2D eigenvalue weighted by atomic mass is 9.99. The maximum absolute atomic E-state index is 14.2. The van der Waals surface area contributed by atoms with Crippen LogP contribution < -0.4 is 10.6 Å². The lowest BCUT2D eigenvalue weighted by Crippen LogP contribution is -2.38. The van der Waals surface area contributed by atoms with Crippen molar-refractivity contribution in [3.8, 4) is 0 Å². The molecule has 1 saturated heterocycles. The summed E-state index contributed by atoms with van der Waals surface area (Å²) < 4.78 is 19.9. The number of rotatable bonds is 6. The van der Waals surface area contributed by atoms with Crippen LogP contribution in [0.1, 0.15) is 38.7 Å². The van der Waals surface area contributed by atoms with Crippen molar-refractivity contribution < 1.29 is 9.13 Å². The summed E-state index contributed by atoms with van der Waals surface area (Å²) in [6.45, 7) is 6.67. The maximum Gasteiger partial charge on any atom is 0.128 e. The number of anilines is 1. The van der Waals surface area contributed by atoms with Crippen LogP contribution in [0.25, 0.3) is 0 Å². The van der Waals surface area contributed by atoms with Crippen LogP contribution in [0.5, 0.6) is 0 Å².